The van der Waals surface area contributed by atoms with Gasteiger partial charge in [-0.3, -0.25) is 9.78 Å². The average Bonchev–Trinajstić information content (AvgIpc) is 3.38. The van der Waals surface area contributed by atoms with Crippen molar-refractivity contribution in [3.05, 3.63) is 108 Å². The summed E-state index contributed by atoms with van der Waals surface area (Å²) in [7, 11) is 0. The standard InChI is InChI=1S/C28H28N6OS/c1-19-18-22(20(2)34(19)24-13-7-9-16-30-24)27-26(23-12-6-8-15-29-23)32-28(36)33(27)17-14-25(35)31-21-10-4-3-5-11-21/h3-13,15-16,18,26-27H,14,17H2,1-2H3,(H,31,35)(H,32,36). The quantitative estimate of drug-likeness (QED) is 0.355. The molecule has 1 fully saturated rings. The lowest BCUT2D eigenvalue weighted by atomic mass is 9.96. The first kappa shape index (κ1) is 23.7. The van der Waals surface area contributed by atoms with Crippen molar-refractivity contribution in [1.29, 1.82) is 0 Å². The van der Waals surface area contributed by atoms with Crippen LogP contribution in [0.25, 0.3) is 5.82 Å². The lowest BCUT2D eigenvalue weighted by Gasteiger charge is -2.28. The third kappa shape index (κ3) is 4.72. The van der Waals surface area contributed by atoms with Gasteiger partial charge in [0, 0.05) is 42.4 Å². The summed E-state index contributed by atoms with van der Waals surface area (Å²) in [6, 6.07) is 23.2. The van der Waals surface area contributed by atoms with E-state index in [2.05, 4.69) is 50.0 Å². The molecule has 0 aliphatic carbocycles. The molecule has 2 atom stereocenters. The Kier molecular flexibility index (Phi) is 6.77. The molecule has 1 aliphatic rings. The van der Waals surface area contributed by atoms with E-state index in [1.54, 1.807) is 12.4 Å². The molecule has 5 rings (SSSR count). The minimum Gasteiger partial charge on any atom is -0.352 e. The van der Waals surface area contributed by atoms with Crippen LogP contribution in [0.3, 0.4) is 0 Å². The molecule has 0 bridgehead atoms. The van der Waals surface area contributed by atoms with E-state index in [1.165, 1.54) is 0 Å². The number of aryl methyl sites for hydroxylation is 1. The Morgan fingerprint density at radius 3 is 2.42 bits per heavy atom. The van der Waals surface area contributed by atoms with Crippen LogP contribution in [0.15, 0.2) is 85.2 Å². The molecule has 8 heteroatoms. The van der Waals surface area contributed by atoms with Crippen LogP contribution >= 0.6 is 12.2 Å². The highest BCUT2D eigenvalue weighted by Gasteiger charge is 2.41. The highest BCUT2D eigenvalue weighted by Crippen LogP contribution is 2.41. The van der Waals surface area contributed by atoms with E-state index < -0.39 is 0 Å². The normalized spacial score (nSPS) is 17.2. The number of benzene rings is 1. The van der Waals surface area contributed by atoms with E-state index in [0.29, 0.717) is 18.1 Å². The summed E-state index contributed by atoms with van der Waals surface area (Å²) in [6.45, 7) is 4.67. The van der Waals surface area contributed by atoms with Crippen molar-refractivity contribution in [2.45, 2.75) is 32.4 Å². The summed E-state index contributed by atoms with van der Waals surface area (Å²) in [6.07, 6.45) is 3.90. The number of aromatic nitrogens is 3. The Balaban J connectivity index is 1.47. The third-order valence-electron chi connectivity index (χ3n) is 6.50. The molecule has 4 aromatic rings. The lowest BCUT2D eigenvalue weighted by Crippen LogP contribution is -2.32. The Morgan fingerprint density at radius 2 is 1.72 bits per heavy atom. The maximum atomic E-state index is 12.8. The van der Waals surface area contributed by atoms with Gasteiger partial charge in [0.2, 0.25) is 5.91 Å². The van der Waals surface area contributed by atoms with Gasteiger partial charge in [-0.1, -0.05) is 30.3 Å². The van der Waals surface area contributed by atoms with Crippen LogP contribution in [0.5, 0.6) is 0 Å². The van der Waals surface area contributed by atoms with Crippen molar-refractivity contribution in [1.82, 2.24) is 24.8 Å². The molecular weight excluding hydrogens is 468 g/mol. The zero-order valence-electron chi connectivity index (χ0n) is 20.3. The smallest absolute Gasteiger partial charge is 0.226 e. The van der Waals surface area contributed by atoms with Gasteiger partial charge < -0.3 is 20.1 Å². The van der Waals surface area contributed by atoms with Crippen LogP contribution in [0.1, 0.15) is 41.1 Å². The largest absolute Gasteiger partial charge is 0.352 e. The van der Waals surface area contributed by atoms with Crippen molar-refractivity contribution < 1.29 is 4.79 Å². The highest BCUT2D eigenvalue weighted by atomic mass is 32.1. The molecule has 1 aromatic carbocycles. The average molecular weight is 497 g/mol. The van der Waals surface area contributed by atoms with E-state index >= 15 is 0 Å². The summed E-state index contributed by atoms with van der Waals surface area (Å²) < 4.78 is 2.16. The topological polar surface area (TPSA) is 75.1 Å². The molecule has 3 aromatic heterocycles. The second kappa shape index (κ2) is 10.3. The summed E-state index contributed by atoms with van der Waals surface area (Å²) in [4.78, 5) is 24.1. The number of pyridine rings is 2. The van der Waals surface area contributed by atoms with Gasteiger partial charge in [-0.2, -0.15) is 0 Å². The van der Waals surface area contributed by atoms with Crippen molar-refractivity contribution in [2.75, 3.05) is 11.9 Å². The minimum atomic E-state index is -0.145. The fourth-order valence-corrected chi connectivity index (χ4v) is 5.21. The maximum absolute atomic E-state index is 12.8. The van der Waals surface area contributed by atoms with Crippen LogP contribution in [0, 0.1) is 13.8 Å². The van der Waals surface area contributed by atoms with Gasteiger partial charge in [0.25, 0.3) is 0 Å². The van der Waals surface area contributed by atoms with Crippen molar-refractivity contribution in [3.8, 4) is 5.82 Å². The van der Waals surface area contributed by atoms with Gasteiger partial charge in [0.05, 0.1) is 17.8 Å². The zero-order chi connectivity index (χ0) is 25.1. The fourth-order valence-electron chi connectivity index (χ4n) is 4.88. The molecule has 2 N–H and O–H groups in total. The van der Waals surface area contributed by atoms with E-state index in [9.17, 15) is 4.79 Å². The van der Waals surface area contributed by atoms with Crippen LogP contribution in [0.2, 0.25) is 0 Å². The number of para-hydroxylation sites is 1. The first-order chi connectivity index (χ1) is 17.5. The Bertz CT molecular complexity index is 1360. The summed E-state index contributed by atoms with van der Waals surface area (Å²) >= 11 is 5.79. The van der Waals surface area contributed by atoms with Gasteiger partial charge in [-0.15, -0.1) is 0 Å². The van der Waals surface area contributed by atoms with Crippen LogP contribution < -0.4 is 10.6 Å². The number of hydrogen-bond donors (Lipinski definition) is 2. The van der Waals surface area contributed by atoms with Gasteiger partial charge in [-0.25, -0.2) is 4.98 Å². The van der Waals surface area contributed by atoms with Crippen molar-refractivity contribution in [3.63, 3.8) is 0 Å². The third-order valence-corrected chi connectivity index (χ3v) is 6.85. The monoisotopic (exact) mass is 496 g/mol. The van der Waals surface area contributed by atoms with Crippen molar-refractivity contribution >= 4 is 28.9 Å². The van der Waals surface area contributed by atoms with Crippen LogP contribution in [-0.4, -0.2) is 37.0 Å². The van der Waals surface area contributed by atoms with E-state index in [0.717, 1.165) is 34.2 Å². The van der Waals surface area contributed by atoms with Crippen LogP contribution in [0.4, 0.5) is 5.69 Å². The highest BCUT2D eigenvalue weighted by molar-refractivity contribution is 7.80. The van der Waals surface area contributed by atoms with Crippen LogP contribution in [-0.2, 0) is 4.79 Å². The minimum absolute atomic E-state index is 0.0528. The number of anilines is 1. The molecule has 182 valence electrons. The Labute approximate surface area is 216 Å². The first-order valence-electron chi connectivity index (χ1n) is 12.0. The zero-order valence-corrected chi connectivity index (χ0v) is 21.1. The molecule has 1 amide bonds. The molecular formula is C28H28N6OS. The predicted octanol–water partition coefficient (Wildman–Crippen LogP) is 4.89. The number of carbonyl (C=O) groups excluding carboxylic acids is 1. The maximum Gasteiger partial charge on any atom is 0.226 e. The van der Waals surface area contributed by atoms with E-state index in [-0.39, 0.29) is 18.0 Å². The Hall–Kier alpha value is -4.04. The number of nitrogens with zero attached hydrogens (tertiary/aromatic N) is 4. The number of rotatable bonds is 7. The SMILES string of the molecule is Cc1cc(C2C(c3ccccn3)NC(=S)N2CCC(=O)Nc2ccccc2)c(C)n1-c1ccccn1. The number of carbonyl (C=O) groups is 1. The molecule has 1 saturated heterocycles. The number of nitrogens with one attached hydrogen (secondary N) is 2. The molecule has 2 unspecified atom stereocenters. The number of amides is 1. The molecule has 36 heavy (non-hydrogen) atoms. The lowest BCUT2D eigenvalue weighted by molar-refractivity contribution is -0.116. The summed E-state index contributed by atoms with van der Waals surface area (Å²) in [5, 5.41) is 7.06. The van der Waals surface area contributed by atoms with Gasteiger partial charge in [-0.05, 0) is 74.1 Å². The number of hydrogen-bond acceptors (Lipinski definition) is 4. The number of thiocarbonyl (C=S) groups is 1. The summed E-state index contributed by atoms with van der Waals surface area (Å²) in [5.41, 5.74) is 4.99. The molecule has 0 saturated carbocycles. The predicted molar refractivity (Wildman–Crippen MR) is 145 cm³/mol. The van der Waals surface area contributed by atoms with E-state index in [4.69, 9.17) is 12.2 Å². The van der Waals surface area contributed by atoms with Gasteiger partial charge in [0.15, 0.2) is 5.11 Å². The Morgan fingerprint density at radius 1 is 1.00 bits per heavy atom. The fraction of sp³-hybridized carbons (Fsp3) is 0.214. The second-order valence-corrected chi connectivity index (χ2v) is 9.22. The molecule has 0 spiro atoms. The van der Waals surface area contributed by atoms with Crippen molar-refractivity contribution in [2.24, 2.45) is 0 Å². The second-order valence-electron chi connectivity index (χ2n) is 8.83. The first-order valence-corrected chi connectivity index (χ1v) is 12.4. The summed E-state index contributed by atoms with van der Waals surface area (Å²) in [5.74, 6) is 0.818. The molecule has 0 radical (unpaired) electrons. The molecule has 4 heterocycles. The van der Waals surface area contributed by atoms with Gasteiger partial charge >= 0.3 is 0 Å². The molecule has 1 aliphatic heterocycles. The van der Waals surface area contributed by atoms with E-state index in [1.807, 2.05) is 66.7 Å². The van der Waals surface area contributed by atoms with Gasteiger partial charge in [0.1, 0.15) is 5.82 Å². The molecule has 7 nitrogen and oxygen atoms in total.